The van der Waals surface area contributed by atoms with E-state index in [1.54, 1.807) is 18.2 Å². The second-order valence-corrected chi connectivity index (χ2v) is 6.34. The molecule has 5 nitrogen and oxygen atoms in total. The van der Waals surface area contributed by atoms with Crippen LogP contribution >= 0.6 is 23.4 Å². The quantitative estimate of drug-likeness (QED) is 0.663. The van der Waals surface area contributed by atoms with Gasteiger partial charge in [0.25, 0.3) is 0 Å². The average Bonchev–Trinajstić information content (AvgIpc) is 2.77. The van der Waals surface area contributed by atoms with Crippen LogP contribution in [0.25, 0.3) is 0 Å². The minimum absolute atomic E-state index is 0.0380. The zero-order chi connectivity index (χ0) is 16.1. The summed E-state index contributed by atoms with van der Waals surface area (Å²) in [7, 11) is 0. The van der Waals surface area contributed by atoms with Gasteiger partial charge in [-0.3, -0.25) is 14.5 Å². The lowest BCUT2D eigenvalue weighted by molar-refractivity contribution is -0.126. The van der Waals surface area contributed by atoms with Gasteiger partial charge < -0.3 is 0 Å². The van der Waals surface area contributed by atoms with E-state index in [2.05, 4.69) is 17.1 Å². The molecule has 0 unspecified atom stereocenters. The maximum absolute atomic E-state index is 12.5. The third-order valence-electron chi connectivity index (χ3n) is 2.98. The highest BCUT2D eigenvalue weighted by Crippen LogP contribution is 2.29. The van der Waals surface area contributed by atoms with Gasteiger partial charge in [0, 0.05) is 18.5 Å². The number of amides is 2. The number of benzene rings is 1. The van der Waals surface area contributed by atoms with E-state index in [0.29, 0.717) is 23.2 Å². The Morgan fingerprint density at radius 2 is 2.18 bits per heavy atom. The molecule has 0 saturated carbocycles. The zero-order valence-electron chi connectivity index (χ0n) is 12.1. The molecule has 0 bridgehead atoms. The van der Waals surface area contributed by atoms with Crippen molar-refractivity contribution in [3.8, 4) is 0 Å². The van der Waals surface area contributed by atoms with Crippen molar-refractivity contribution in [1.29, 1.82) is 0 Å². The zero-order valence-corrected chi connectivity index (χ0v) is 13.7. The predicted molar refractivity (Wildman–Crippen MR) is 89.7 cm³/mol. The lowest BCUT2D eigenvalue weighted by Gasteiger charge is -2.13. The summed E-state index contributed by atoms with van der Waals surface area (Å²) < 4.78 is 0. The first kappa shape index (κ1) is 16.6. The molecule has 1 aromatic carbocycles. The van der Waals surface area contributed by atoms with Gasteiger partial charge in [-0.15, -0.1) is 11.7 Å². The van der Waals surface area contributed by atoms with Crippen molar-refractivity contribution in [3.63, 3.8) is 0 Å². The number of thioether (sulfide) groups is 1. The van der Waals surface area contributed by atoms with Crippen LogP contribution in [0.2, 0.25) is 5.02 Å². The number of carbonyl (C=O) groups excluding carboxylic acids is 2. The maximum Gasteiger partial charge on any atom is 0.242 e. The first-order valence-electron chi connectivity index (χ1n) is 6.69. The average molecular weight is 338 g/mol. The van der Waals surface area contributed by atoms with Crippen molar-refractivity contribution in [2.45, 2.75) is 18.6 Å². The summed E-state index contributed by atoms with van der Waals surface area (Å²) in [4.78, 5) is 25.0. The Labute approximate surface area is 138 Å². The highest BCUT2D eigenvalue weighted by molar-refractivity contribution is 8.15. The molecule has 7 heteroatoms. The van der Waals surface area contributed by atoms with Crippen LogP contribution in [-0.2, 0) is 16.0 Å². The molecule has 1 aliphatic heterocycles. The molecule has 22 heavy (non-hydrogen) atoms. The number of hydrogen-bond acceptors (Lipinski definition) is 4. The smallest absolute Gasteiger partial charge is 0.242 e. The van der Waals surface area contributed by atoms with E-state index in [-0.39, 0.29) is 17.1 Å². The molecule has 116 valence electrons. The minimum atomic E-state index is -0.278. The van der Waals surface area contributed by atoms with Gasteiger partial charge in [0.1, 0.15) is 0 Å². The second kappa shape index (κ2) is 7.47. The van der Waals surface area contributed by atoms with Crippen molar-refractivity contribution in [1.82, 2.24) is 10.3 Å². The molecule has 0 radical (unpaired) electrons. The summed E-state index contributed by atoms with van der Waals surface area (Å²) in [6.07, 6.45) is 2.21. The molecule has 2 rings (SSSR count). The molecule has 1 N–H and O–H groups in total. The van der Waals surface area contributed by atoms with Crippen molar-refractivity contribution in [3.05, 3.63) is 47.5 Å². The highest BCUT2D eigenvalue weighted by atomic mass is 35.5. The number of amidine groups is 1. The van der Waals surface area contributed by atoms with Crippen LogP contribution in [0.5, 0.6) is 0 Å². The summed E-state index contributed by atoms with van der Waals surface area (Å²) in [5.41, 5.74) is 3.39. The second-order valence-electron chi connectivity index (χ2n) is 4.74. The highest BCUT2D eigenvalue weighted by Gasteiger charge is 2.37. The summed E-state index contributed by atoms with van der Waals surface area (Å²) in [5, 5.41) is 4.87. The summed E-state index contributed by atoms with van der Waals surface area (Å²) in [5.74, 6) is -0.316. The van der Waals surface area contributed by atoms with Gasteiger partial charge in [-0.05, 0) is 24.1 Å². The van der Waals surface area contributed by atoms with Crippen LogP contribution in [-0.4, -0.2) is 33.7 Å². The third kappa shape index (κ3) is 4.11. The number of hydrazone groups is 1. The van der Waals surface area contributed by atoms with Crippen LogP contribution in [0.15, 0.2) is 42.0 Å². The Kier molecular flexibility index (Phi) is 5.63. The normalized spacial score (nSPS) is 19.5. The summed E-state index contributed by atoms with van der Waals surface area (Å²) in [6, 6.07) is 7.40. The van der Waals surface area contributed by atoms with E-state index >= 15 is 0 Å². The lowest BCUT2D eigenvalue weighted by Crippen LogP contribution is -2.34. The number of hydrogen-bond donors (Lipinski definition) is 1. The Morgan fingerprint density at radius 3 is 2.77 bits per heavy atom. The summed E-state index contributed by atoms with van der Waals surface area (Å²) >= 11 is 7.20. The van der Waals surface area contributed by atoms with Crippen LogP contribution in [0.1, 0.15) is 12.5 Å². The lowest BCUT2D eigenvalue weighted by atomic mass is 10.1. The standard InChI is InChI=1S/C15H16ClN3O2S/c1-3-8-19-14(21)13(22-15(19)18-17-10(2)20)9-11-4-6-12(16)7-5-11/h3-7,13H,1,8-9H2,2H3,(H,17,20)/b18-15+/t13-/m0/s1. The molecule has 1 atom stereocenters. The van der Waals surface area contributed by atoms with E-state index in [1.165, 1.54) is 23.6 Å². The van der Waals surface area contributed by atoms with Crippen molar-refractivity contribution in [2.24, 2.45) is 5.10 Å². The van der Waals surface area contributed by atoms with E-state index in [4.69, 9.17) is 11.6 Å². The monoisotopic (exact) mass is 337 g/mol. The molecule has 1 heterocycles. The van der Waals surface area contributed by atoms with Crippen LogP contribution in [0.4, 0.5) is 0 Å². The maximum atomic E-state index is 12.5. The third-order valence-corrected chi connectivity index (χ3v) is 4.40. The van der Waals surface area contributed by atoms with E-state index < -0.39 is 0 Å². The molecule has 2 amide bonds. The molecular formula is C15H16ClN3O2S. The Balaban J connectivity index is 2.14. The van der Waals surface area contributed by atoms with Crippen molar-refractivity contribution >= 4 is 40.3 Å². The molecule has 1 aromatic rings. The van der Waals surface area contributed by atoms with E-state index in [0.717, 1.165) is 5.56 Å². The van der Waals surface area contributed by atoms with E-state index in [1.807, 2.05) is 12.1 Å². The fourth-order valence-corrected chi connectivity index (χ4v) is 3.26. The number of rotatable bonds is 5. The van der Waals surface area contributed by atoms with Gasteiger partial charge in [-0.2, -0.15) is 0 Å². The molecule has 0 aliphatic carbocycles. The predicted octanol–water partition coefficient (Wildman–Crippen LogP) is 2.42. The molecule has 0 aromatic heterocycles. The van der Waals surface area contributed by atoms with Gasteiger partial charge in [-0.25, -0.2) is 5.43 Å². The molecule has 1 saturated heterocycles. The van der Waals surface area contributed by atoms with Crippen LogP contribution < -0.4 is 5.43 Å². The largest absolute Gasteiger partial charge is 0.285 e. The fourth-order valence-electron chi connectivity index (χ4n) is 1.98. The van der Waals surface area contributed by atoms with E-state index in [9.17, 15) is 9.59 Å². The molecule has 1 fully saturated rings. The topological polar surface area (TPSA) is 61.8 Å². The van der Waals surface area contributed by atoms with Gasteiger partial charge in [-0.1, -0.05) is 41.6 Å². The fraction of sp³-hybridized carbons (Fsp3) is 0.267. The SMILES string of the molecule is C=CCN1C(=O)[C@H](Cc2ccc(Cl)cc2)S/C1=N/NC(C)=O. The minimum Gasteiger partial charge on any atom is -0.285 e. The van der Waals surface area contributed by atoms with Crippen LogP contribution in [0, 0.1) is 0 Å². The molecule has 0 spiro atoms. The number of nitrogens with zero attached hydrogens (tertiary/aromatic N) is 2. The first-order valence-corrected chi connectivity index (χ1v) is 7.94. The van der Waals surface area contributed by atoms with Crippen molar-refractivity contribution < 1.29 is 9.59 Å². The van der Waals surface area contributed by atoms with Crippen LogP contribution in [0.3, 0.4) is 0 Å². The van der Waals surface area contributed by atoms with Gasteiger partial charge in [0.15, 0.2) is 5.17 Å². The van der Waals surface area contributed by atoms with Gasteiger partial charge in [0.05, 0.1) is 5.25 Å². The Hall–Kier alpha value is -1.79. The Bertz CT molecular complexity index is 616. The summed E-state index contributed by atoms with van der Waals surface area (Å²) in [6.45, 7) is 5.38. The number of carbonyl (C=O) groups is 2. The molecule has 1 aliphatic rings. The van der Waals surface area contributed by atoms with Gasteiger partial charge >= 0.3 is 0 Å². The number of nitrogens with one attached hydrogen (secondary N) is 1. The first-order chi connectivity index (χ1) is 10.5. The van der Waals surface area contributed by atoms with Crippen molar-refractivity contribution in [2.75, 3.05) is 6.54 Å². The van der Waals surface area contributed by atoms with Gasteiger partial charge in [0.2, 0.25) is 11.8 Å². The Morgan fingerprint density at radius 1 is 1.50 bits per heavy atom. The number of halogens is 1. The molecular weight excluding hydrogens is 322 g/mol.